The molecule has 1 fully saturated rings. The van der Waals surface area contributed by atoms with Gasteiger partial charge in [-0.25, -0.2) is 4.39 Å². The smallest absolute Gasteiger partial charge is 0.251 e. The van der Waals surface area contributed by atoms with Crippen molar-refractivity contribution in [3.8, 4) is 0 Å². The summed E-state index contributed by atoms with van der Waals surface area (Å²) in [5.74, 6) is -0.448. The Morgan fingerprint density at radius 2 is 2.11 bits per heavy atom. The molecule has 3 nitrogen and oxygen atoms in total. The number of benzene rings is 1. The fourth-order valence-corrected chi connectivity index (χ4v) is 2.31. The second kappa shape index (κ2) is 5.70. The zero-order valence-corrected chi connectivity index (χ0v) is 11.5. The van der Waals surface area contributed by atoms with E-state index in [2.05, 4.69) is 12.2 Å². The van der Waals surface area contributed by atoms with Gasteiger partial charge in [0, 0.05) is 25.3 Å². The maximum absolute atomic E-state index is 13.0. The van der Waals surface area contributed by atoms with Crippen LogP contribution in [-0.2, 0) is 4.74 Å². The van der Waals surface area contributed by atoms with Gasteiger partial charge in [0.2, 0.25) is 0 Å². The van der Waals surface area contributed by atoms with Crippen molar-refractivity contribution in [2.75, 3.05) is 19.8 Å². The highest BCUT2D eigenvalue weighted by Gasteiger charge is 2.27. The van der Waals surface area contributed by atoms with Crippen LogP contribution in [0.25, 0.3) is 0 Å². The van der Waals surface area contributed by atoms with Crippen LogP contribution in [0.1, 0.15) is 35.7 Å². The number of amides is 1. The number of halogens is 1. The van der Waals surface area contributed by atoms with Gasteiger partial charge in [-0.15, -0.1) is 0 Å². The molecule has 0 aromatic heterocycles. The predicted octanol–water partition coefficient (Wildman–Crippen LogP) is 2.68. The fraction of sp³-hybridized carbons (Fsp3) is 0.533. The second-order valence-electron chi connectivity index (χ2n) is 5.56. The van der Waals surface area contributed by atoms with Gasteiger partial charge in [0.05, 0.1) is 0 Å². The average Bonchev–Trinajstić information content (AvgIpc) is 2.37. The number of aryl methyl sites for hydroxylation is 1. The van der Waals surface area contributed by atoms with Gasteiger partial charge in [0.1, 0.15) is 5.82 Å². The zero-order chi connectivity index (χ0) is 13.9. The number of rotatable bonds is 3. The van der Waals surface area contributed by atoms with Crippen LogP contribution < -0.4 is 5.32 Å². The molecule has 1 N–H and O–H groups in total. The molecule has 1 amide bonds. The SMILES string of the molecule is Cc1cc(F)ccc1C(=O)NCC1(C)CCOCC1. The Morgan fingerprint density at radius 1 is 1.42 bits per heavy atom. The number of hydrogen-bond acceptors (Lipinski definition) is 2. The summed E-state index contributed by atoms with van der Waals surface area (Å²) in [4.78, 5) is 12.1. The third kappa shape index (κ3) is 3.53. The summed E-state index contributed by atoms with van der Waals surface area (Å²) in [5, 5.41) is 2.95. The molecule has 0 spiro atoms. The molecule has 0 saturated carbocycles. The maximum Gasteiger partial charge on any atom is 0.251 e. The van der Waals surface area contributed by atoms with Crippen LogP contribution in [0, 0.1) is 18.2 Å². The molecular weight excluding hydrogens is 245 g/mol. The van der Waals surface area contributed by atoms with Crippen molar-refractivity contribution in [2.45, 2.75) is 26.7 Å². The van der Waals surface area contributed by atoms with Crippen LogP contribution in [-0.4, -0.2) is 25.7 Å². The molecule has 0 unspecified atom stereocenters. The summed E-state index contributed by atoms with van der Waals surface area (Å²) in [6.07, 6.45) is 1.91. The summed E-state index contributed by atoms with van der Waals surface area (Å²) in [7, 11) is 0. The fourth-order valence-electron chi connectivity index (χ4n) is 2.31. The first kappa shape index (κ1) is 14.0. The molecule has 4 heteroatoms. The highest BCUT2D eigenvalue weighted by molar-refractivity contribution is 5.95. The Hall–Kier alpha value is -1.42. The summed E-state index contributed by atoms with van der Waals surface area (Å²) < 4.78 is 18.3. The molecule has 104 valence electrons. The van der Waals surface area contributed by atoms with Crippen molar-refractivity contribution in [1.29, 1.82) is 0 Å². The quantitative estimate of drug-likeness (QED) is 0.912. The van der Waals surface area contributed by atoms with E-state index >= 15 is 0 Å². The minimum Gasteiger partial charge on any atom is -0.381 e. The van der Waals surface area contributed by atoms with Crippen molar-refractivity contribution in [3.63, 3.8) is 0 Å². The van der Waals surface area contributed by atoms with E-state index in [-0.39, 0.29) is 17.1 Å². The monoisotopic (exact) mass is 265 g/mol. The van der Waals surface area contributed by atoms with Crippen molar-refractivity contribution in [3.05, 3.63) is 35.1 Å². The molecule has 1 aromatic carbocycles. The first-order valence-electron chi connectivity index (χ1n) is 6.62. The van der Waals surface area contributed by atoms with Crippen LogP contribution >= 0.6 is 0 Å². The number of hydrogen-bond donors (Lipinski definition) is 1. The summed E-state index contributed by atoms with van der Waals surface area (Å²) in [6, 6.07) is 4.23. The molecular formula is C15H20FNO2. The molecule has 0 atom stereocenters. The average molecular weight is 265 g/mol. The van der Waals surface area contributed by atoms with Gasteiger partial charge in [-0.05, 0) is 48.9 Å². The largest absolute Gasteiger partial charge is 0.381 e. The lowest BCUT2D eigenvalue weighted by atomic mass is 9.82. The first-order chi connectivity index (χ1) is 9.00. The maximum atomic E-state index is 13.0. The van der Waals surface area contributed by atoms with Gasteiger partial charge >= 0.3 is 0 Å². The normalized spacial score (nSPS) is 18.1. The van der Waals surface area contributed by atoms with Crippen molar-refractivity contribution in [1.82, 2.24) is 5.32 Å². The molecule has 19 heavy (non-hydrogen) atoms. The van der Waals surface area contributed by atoms with Gasteiger partial charge in [0.15, 0.2) is 0 Å². The molecule has 0 bridgehead atoms. The van der Waals surface area contributed by atoms with Crippen LogP contribution in [0.2, 0.25) is 0 Å². The van der Waals surface area contributed by atoms with Crippen molar-refractivity contribution in [2.24, 2.45) is 5.41 Å². The predicted molar refractivity (Wildman–Crippen MR) is 71.6 cm³/mol. The zero-order valence-electron chi connectivity index (χ0n) is 11.5. The minimum atomic E-state index is -0.314. The van der Waals surface area contributed by atoms with E-state index in [4.69, 9.17) is 4.74 Å². The van der Waals surface area contributed by atoms with Crippen molar-refractivity contribution >= 4 is 5.91 Å². The van der Waals surface area contributed by atoms with Crippen LogP contribution in [0.15, 0.2) is 18.2 Å². The third-order valence-electron chi connectivity index (χ3n) is 3.81. The van der Waals surface area contributed by atoms with Crippen LogP contribution in [0.4, 0.5) is 4.39 Å². The molecule has 0 radical (unpaired) electrons. The lowest BCUT2D eigenvalue weighted by Gasteiger charge is -2.33. The first-order valence-corrected chi connectivity index (χ1v) is 6.62. The lowest BCUT2D eigenvalue weighted by Crippen LogP contribution is -2.39. The van der Waals surface area contributed by atoms with E-state index < -0.39 is 0 Å². The van der Waals surface area contributed by atoms with Crippen LogP contribution in [0.3, 0.4) is 0 Å². The topological polar surface area (TPSA) is 38.3 Å². The van der Waals surface area contributed by atoms with E-state index in [1.807, 2.05) is 0 Å². The Balaban J connectivity index is 1.97. The highest BCUT2D eigenvalue weighted by Crippen LogP contribution is 2.28. The molecule has 1 aliphatic rings. The Labute approximate surface area is 113 Å². The van der Waals surface area contributed by atoms with E-state index in [1.54, 1.807) is 6.92 Å². The number of nitrogens with one attached hydrogen (secondary N) is 1. The summed E-state index contributed by atoms with van der Waals surface area (Å²) in [6.45, 7) is 6.04. The van der Waals surface area contributed by atoms with E-state index in [1.165, 1.54) is 18.2 Å². The Kier molecular flexibility index (Phi) is 4.20. The molecule has 1 aliphatic heterocycles. The van der Waals surface area contributed by atoms with E-state index in [0.29, 0.717) is 17.7 Å². The molecule has 1 saturated heterocycles. The van der Waals surface area contributed by atoms with Gasteiger partial charge < -0.3 is 10.1 Å². The van der Waals surface area contributed by atoms with E-state index in [0.717, 1.165) is 26.1 Å². The molecule has 2 rings (SSSR count). The summed E-state index contributed by atoms with van der Waals surface area (Å²) >= 11 is 0. The summed E-state index contributed by atoms with van der Waals surface area (Å²) in [5.41, 5.74) is 1.30. The van der Waals surface area contributed by atoms with Crippen molar-refractivity contribution < 1.29 is 13.9 Å². The highest BCUT2D eigenvalue weighted by atomic mass is 19.1. The minimum absolute atomic E-state index is 0.0991. The Bertz CT molecular complexity index is 467. The van der Waals surface area contributed by atoms with Gasteiger partial charge in [-0.1, -0.05) is 6.92 Å². The Morgan fingerprint density at radius 3 is 2.74 bits per heavy atom. The van der Waals surface area contributed by atoms with Gasteiger partial charge in [-0.2, -0.15) is 0 Å². The number of carbonyl (C=O) groups is 1. The van der Waals surface area contributed by atoms with Gasteiger partial charge in [-0.3, -0.25) is 4.79 Å². The molecule has 1 aromatic rings. The third-order valence-corrected chi connectivity index (χ3v) is 3.81. The van der Waals surface area contributed by atoms with Gasteiger partial charge in [0.25, 0.3) is 5.91 Å². The molecule has 1 heterocycles. The number of carbonyl (C=O) groups excluding carboxylic acids is 1. The second-order valence-corrected chi connectivity index (χ2v) is 5.56. The van der Waals surface area contributed by atoms with Crippen LogP contribution in [0.5, 0.6) is 0 Å². The standard InChI is InChI=1S/C15H20FNO2/c1-11-9-12(16)3-4-13(11)14(18)17-10-15(2)5-7-19-8-6-15/h3-4,9H,5-8,10H2,1-2H3,(H,17,18). The lowest BCUT2D eigenvalue weighted by molar-refractivity contribution is 0.0238. The molecule has 0 aliphatic carbocycles. The van der Waals surface area contributed by atoms with E-state index in [9.17, 15) is 9.18 Å². The number of ether oxygens (including phenoxy) is 1.